The molecule has 9 nitrogen and oxygen atoms in total. The lowest BCUT2D eigenvalue weighted by Gasteiger charge is -2.11. The molecule has 0 bridgehead atoms. The van der Waals surface area contributed by atoms with Gasteiger partial charge in [-0.3, -0.25) is 9.55 Å². The van der Waals surface area contributed by atoms with Crippen molar-refractivity contribution in [2.75, 3.05) is 6.54 Å². The number of aromatic nitrogens is 4. The van der Waals surface area contributed by atoms with Crippen LogP contribution in [0.15, 0.2) is 84.0 Å². The fraction of sp³-hybridized carbons (Fsp3) is 0.226. The Hall–Kier alpha value is -4.57. The lowest BCUT2D eigenvalue weighted by molar-refractivity contribution is 0.246. The molecular weight excluding hydrogens is 536 g/mol. The van der Waals surface area contributed by atoms with Crippen LogP contribution >= 0.6 is 0 Å². The first kappa shape index (κ1) is 28.0. The zero-order valence-corrected chi connectivity index (χ0v) is 24.1. The van der Waals surface area contributed by atoms with Crippen LogP contribution in [0.5, 0.6) is 0 Å². The van der Waals surface area contributed by atoms with Gasteiger partial charge in [0.2, 0.25) is 0 Å². The molecule has 0 saturated carbocycles. The summed E-state index contributed by atoms with van der Waals surface area (Å²) < 4.78 is 29.0. The third kappa shape index (κ3) is 6.60. The quantitative estimate of drug-likeness (QED) is 0.265. The van der Waals surface area contributed by atoms with Gasteiger partial charge in [0.05, 0.1) is 4.90 Å². The standard InChI is InChI=1S/C31H32N6O3S/c1-21-6-13-27(14-7-21)41(39,40)36-31(38)33-18-16-24-8-11-26(12-9-24)37-28(15-10-25-5-4-17-32-20-25)35-29-22(2)19-23(3)34-30(29)37/h4-9,11-14,17,19-20H,10,15-16,18H2,1-3H3,(H2,33,36,38). The van der Waals surface area contributed by atoms with E-state index in [4.69, 9.17) is 9.97 Å². The number of fused-ring (bicyclic) bond motifs is 1. The highest BCUT2D eigenvalue weighted by atomic mass is 32.2. The number of rotatable bonds is 9. The van der Waals surface area contributed by atoms with E-state index in [1.807, 2.05) is 56.4 Å². The number of imidazole rings is 1. The van der Waals surface area contributed by atoms with Gasteiger partial charge in [0.1, 0.15) is 11.3 Å². The van der Waals surface area contributed by atoms with Crippen molar-refractivity contribution in [3.8, 4) is 5.69 Å². The highest BCUT2D eigenvalue weighted by Gasteiger charge is 2.18. The van der Waals surface area contributed by atoms with Crippen LogP contribution in [0, 0.1) is 20.8 Å². The normalized spacial score (nSPS) is 11.5. The number of pyridine rings is 2. The van der Waals surface area contributed by atoms with Crippen LogP contribution < -0.4 is 10.0 Å². The molecule has 0 spiro atoms. The number of nitrogens with zero attached hydrogens (tertiary/aromatic N) is 4. The van der Waals surface area contributed by atoms with Crippen LogP contribution in [-0.4, -0.2) is 40.5 Å². The van der Waals surface area contributed by atoms with Gasteiger partial charge in [0.15, 0.2) is 5.65 Å². The van der Waals surface area contributed by atoms with Gasteiger partial charge in [-0.2, -0.15) is 0 Å². The van der Waals surface area contributed by atoms with Gasteiger partial charge in [-0.1, -0.05) is 35.9 Å². The number of amides is 2. The second kappa shape index (κ2) is 11.9. The van der Waals surface area contributed by atoms with Crippen molar-refractivity contribution in [1.29, 1.82) is 0 Å². The second-order valence-electron chi connectivity index (χ2n) is 10.1. The summed E-state index contributed by atoms with van der Waals surface area (Å²) in [5.41, 5.74) is 7.75. The van der Waals surface area contributed by atoms with Crippen LogP contribution in [0.3, 0.4) is 0 Å². The van der Waals surface area contributed by atoms with E-state index in [2.05, 4.69) is 32.6 Å². The fourth-order valence-electron chi connectivity index (χ4n) is 4.71. The van der Waals surface area contributed by atoms with Gasteiger partial charge in [-0.15, -0.1) is 0 Å². The molecule has 2 amide bonds. The molecular formula is C31H32N6O3S. The van der Waals surface area contributed by atoms with Crippen molar-refractivity contribution in [2.24, 2.45) is 0 Å². The van der Waals surface area contributed by atoms with Crippen LogP contribution in [0.2, 0.25) is 0 Å². The van der Waals surface area contributed by atoms with Gasteiger partial charge < -0.3 is 5.32 Å². The van der Waals surface area contributed by atoms with E-state index in [-0.39, 0.29) is 11.4 Å². The lowest BCUT2D eigenvalue weighted by Crippen LogP contribution is -2.40. The summed E-state index contributed by atoms with van der Waals surface area (Å²) in [5.74, 6) is 0.922. The predicted molar refractivity (Wildman–Crippen MR) is 159 cm³/mol. The Morgan fingerprint density at radius 1 is 0.878 bits per heavy atom. The van der Waals surface area contributed by atoms with Gasteiger partial charge in [-0.25, -0.2) is 27.9 Å². The first-order chi connectivity index (χ1) is 19.7. The van der Waals surface area contributed by atoms with E-state index in [0.29, 0.717) is 6.42 Å². The van der Waals surface area contributed by atoms with E-state index >= 15 is 0 Å². The average Bonchev–Trinajstić information content (AvgIpc) is 3.31. The minimum Gasteiger partial charge on any atom is -0.337 e. The molecule has 5 aromatic rings. The molecule has 2 N–H and O–H groups in total. The minimum absolute atomic E-state index is 0.0422. The Morgan fingerprint density at radius 3 is 2.34 bits per heavy atom. The maximum Gasteiger partial charge on any atom is 0.328 e. The van der Waals surface area contributed by atoms with Crippen LogP contribution in [0.1, 0.15) is 33.8 Å². The predicted octanol–water partition coefficient (Wildman–Crippen LogP) is 4.76. The van der Waals surface area contributed by atoms with Crippen molar-refractivity contribution in [3.05, 3.63) is 113 Å². The van der Waals surface area contributed by atoms with E-state index in [0.717, 1.165) is 63.5 Å². The zero-order chi connectivity index (χ0) is 29.0. The molecule has 0 unspecified atom stereocenters. The van der Waals surface area contributed by atoms with Crippen LogP contribution in [-0.2, 0) is 29.3 Å². The first-order valence-corrected chi connectivity index (χ1v) is 14.9. The summed E-state index contributed by atoms with van der Waals surface area (Å²) in [6.45, 7) is 6.18. The van der Waals surface area contributed by atoms with Crippen molar-refractivity contribution in [3.63, 3.8) is 0 Å². The topological polar surface area (TPSA) is 119 Å². The van der Waals surface area contributed by atoms with Crippen LogP contribution in [0.4, 0.5) is 4.79 Å². The number of aryl methyl sites for hydroxylation is 5. The smallest absolute Gasteiger partial charge is 0.328 e. The monoisotopic (exact) mass is 568 g/mol. The average molecular weight is 569 g/mol. The number of carbonyl (C=O) groups is 1. The molecule has 3 aromatic heterocycles. The molecule has 0 atom stereocenters. The molecule has 2 aromatic carbocycles. The van der Waals surface area contributed by atoms with Crippen molar-refractivity contribution >= 4 is 27.2 Å². The number of carbonyl (C=O) groups excluding carboxylic acids is 1. The Morgan fingerprint density at radius 2 is 1.63 bits per heavy atom. The third-order valence-corrected chi connectivity index (χ3v) is 8.16. The number of urea groups is 1. The zero-order valence-electron chi connectivity index (χ0n) is 23.3. The number of hydrogen-bond donors (Lipinski definition) is 2. The molecule has 0 aliphatic heterocycles. The number of hydrogen-bond acceptors (Lipinski definition) is 6. The summed E-state index contributed by atoms with van der Waals surface area (Å²) in [6, 6.07) is 19.6. The molecule has 0 aliphatic rings. The fourth-order valence-corrected chi connectivity index (χ4v) is 5.64. The van der Waals surface area contributed by atoms with E-state index in [1.165, 1.54) is 12.1 Å². The molecule has 0 fully saturated rings. The van der Waals surface area contributed by atoms with Gasteiger partial charge >= 0.3 is 6.03 Å². The van der Waals surface area contributed by atoms with Crippen LogP contribution in [0.25, 0.3) is 16.9 Å². The van der Waals surface area contributed by atoms with E-state index < -0.39 is 16.1 Å². The van der Waals surface area contributed by atoms with Crippen molar-refractivity contribution in [1.82, 2.24) is 29.6 Å². The van der Waals surface area contributed by atoms with Gasteiger partial charge in [0.25, 0.3) is 10.0 Å². The molecule has 210 valence electrons. The molecule has 0 aliphatic carbocycles. The summed E-state index contributed by atoms with van der Waals surface area (Å²) in [5, 5.41) is 2.63. The molecule has 0 radical (unpaired) electrons. The van der Waals surface area contributed by atoms with Crippen molar-refractivity contribution in [2.45, 2.75) is 44.9 Å². The summed E-state index contributed by atoms with van der Waals surface area (Å²) in [6.07, 6.45) is 5.72. The van der Waals surface area contributed by atoms with E-state index in [9.17, 15) is 13.2 Å². The van der Waals surface area contributed by atoms with Gasteiger partial charge in [0, 0.05) is 36.7 Å². The lowest BCUT2D eigenvalue weighted by atomic mass is 10.1. The molecule has 0 saturated heterocycles. The highest BCUT2D eigenvalue weighted by molar-refractivity contribution is 7.90. The maximum atomic E-state index is 12.4. The second-order valence-corrected chi connectivity index (χ2v) is 11.8. The van der Waals surface area contributed by atoms with E-state index in [1.54, 1.807) is 18.3 Å². The Labute approximate surface area is 239 Å². The minimum atomic E-state index is -3.93. The third-order valence-electron chi connectivity index (χ3n) is 6.82. The molecule has 10 heteroatoms. The Balaban J connectivity index is 1.28. The molecule has 3 heterocycles. The summed E-state index contributed by atoms with van der Waals surface area (Å²) in [4.78, 5) is 26.3. The molecule has 41 heavy (non-hydrogen) atoms. The Kier molecular flexibility index (Phi) is 8.11. The summed E-state index contributed by atoms with van der Waals surface area (Å²) >= 11 is 0. The SMILES string of the molecule is Cc1ccc(S(=O)(=O)NC(=O)NCCc2ccc(-n3c(CCc4cccnc4)nc4c(C)cc(C)nc43)cc2)cc1. The Bertz CT molecular complexity index is 1780. The maximum absolute atomic E-state index is 12.4. The van der Waals surface area contributed by atoms with Gasteiger partial charge in [-0.05, 0) is 86.7 Å². The number of nitrogens with one attached hydrogen (secondary N) is 2. The number of benzene rings is 2. The highest BCUT2D eigenvalue weighted by Crippen LogP contribution is 2.25. The first-order valence-electron chi connectivity index (χ1n) is 13.4. The largest absolute Gasteiger partial charge is 0.337 e. The van der Waals surface area contributed by atoms with Crippen molar-refractivity contribution < 1.29 is 13.2 Å². The number of sulfonamides is 1. The molecule has 5 rings (SSSR count). The summed E-state index contributed by atoms with van der Waals surface area (Å²) in [7, 11) is -3.93.